The van der Waals surface area contributed by atoms with Crippen molar-refractivity contribution >= 4 is 5.84 Å². The van der Waals surface area contributed by atoms with Crippen molar-refractivity contribution in [3.63, 3.8) is 0 Å². The molecule has 18 heavy (non-hydrogen) atoms. The molecule has 1 fully saturated rings. The Morgan fingerprint density at radius 3 is 3.28 bits per heavy atom. The van der Waals surface area contributed by atoms with E-state index in [1.54, 1.807) is 6.20 Å². The normalized spacial score (nSPS) is 21.5. The smallest absolute Gasteiger partial charge is 0.141 e. The second-order valence-corrected chi connectivity index (χ2v) is 4.73. The summed E-state index contributed by atoms with van der Waals surface area (Å²) < 4.78 is 5.62. The molecule has 0 spiro atoms. The Morgan fingerprint density at radius 2 is 2.50 bits per heavy atom. The molecule has 1 aromatic heterocycles. The third-order valence-electron chi connectivity index (χ3n) is 3.04. The summed E-state index contributed by atoms with van der Waals surface area (Å²) in [4.78, 5) is 6.44. The van der Waals surface area contributed by atoms with Crippen LogP contribution in [0.1, 0.15) is 24.6 Å². The first-order valence-corrected chi connectivity index (χ1v) is 6.28. The van der Waals surface area contributed by atoms with Crippen LogP contribution in [0.4, 0.5) is 0 Å². The molecule has 0 bridgehead atoms. The number of amidine groups is 1. The molecule has 1 aromatic rings. The number of hydrogen-bond acceptors (Lipinski definition) is 4. The van der Waals surface area contributed by atoms with Crippen LogP contribution in [0.25, 0.3) is 0 Å². The number of pyridine rings is 1. The number of nitrogens with two attached hydrogens (primary N) is 1. The third kappa shape index (κ3) is 3.51. The van der Waals surface area contributed by atoms with Crippen LogP contribution in [0.5, 0.6) is 0 Å². The molecule has 0 aliphatic carbocycles. The van der Waals surface area contributed by atoms with Crippen LogP contribution >= 0.6 is 0 Å². The summed E-state index contributed by atoms with van der Waals surface area (Å²) >= 11 is 0. The monoisotopic (exact) mass is 248 g/mol. The van der Waals surface area contributed by atoms with Crippen LogP contribution in [-0.4, -0.2) is 41.5 Å². The van der Waals surface area contributed by atoms with E-state index in [0.29, 0.717) is 5.69 Å². The molecule has 0 saturated carbocycles. The molecule has 2 heterocycles. The minimum absolute atomic E-state index is 0.0180. The Kier molecular flexibility index (Phi) is 4.28. The van der Waals surface area contributed by atoms with Gasteiger partial charge >= 0.3 is 0 Å². The lowest BCUT2D eigenvalue weighted by atomic mass is 10.2. The van der Waals surface area contributed by atoms with E-state index in [4.69, 9.17) is 15.9 Å². The molecular weight excluding hydrogens is 228 g/mol. The molecule has 0 aromatic carbocycles. The van der Waals surface area contributed by atoms with Crippen LogP contribution in [0.3, 0.4) is 0 Å². The summed E-state index contributed by atoms with van der Waals surface area (Å²) in [6.07, 6.45) is 3.06. The lowest BCUT2D eigenvalue weighted by Gasteiger charge is -2.21. The Labute approximate surface area is 107 Å². The molecule has 5 heteroatoms. The highest BCUT2D eigenvalue weighted by Gasteiger charge is 2.15. The van der Waals surface area contributed by atoms with Crippen molar-refractivity contribution in [2.45, 2.75) is 26.0 Å². The largest absolute Gasteiger partial charge is 0.382 e. The van der Waals surface area contributed by atoms with Gasteiger partial charge in [-0.1, -0.05) is 0 Å². The van der Waals surface area contributed by atoms with Crippen LogP contribution < -0.4 is 5.73 Å². The summed E-state index contributed by atoms with van der Waals surface area (Å²) in [5, 5.41) is 7.40. The van der Waals surface area contributed by atoms with Crippen LogP contribution in [0.15, 0.2) is 18.3 Å². The van der Waals surface area contributed by atoms with Crippen molar-refractivity contribution in [3.8, 4) is 0 Å². The first-order valence-electron chi connectivity index (χ1n) is 6.28. The van der Waals surface area contributed by atoms with Gasteiger partial charge in [0.15, 0.2) is 0 Å². The topological polar surface area (TPSA) is 75.2 Å². The van der Waals surface area contributed by atoms with Gasteiger partial charge in [-0.05, 0) is 31.0 Å². The van der Waals surface area contributed by atoms with Crippen molar-refractivity contribution in [2.75, 3.05) is 19.7 Å². The SMILES string of the molecule is CC1CN(Cc2ccnc(C(=N)N)c2)CCCO1. The molecular formula is C13H20N4O. The van der Waals surface area contributed by atoms with E-state index in [1.807, 2.05) is 12.1 Å². The van der Waals surface area contributed by atoms with Crippen LogP contribution in [0.2, 0.25) is 0 Å². The summed E-state index contributed by atoms with van der Waals surface area (Å²) in [7, 11) is 0. The molecule has 5 nitrogen and oxygen atoms in total. The predicted octanol–water partition coefficient (Wildman–Crippen LogP) is 0.976. The Hall–Kier alpha value is -1.46. The predicted molar refractivity (Wildman–Crippen MR) is 70.6 cm³/mol. The summed E-state index contributed by atoms with van der Waals surface area (Å²) in [6.45, 7) is 5.79. The van der Waals surface area contributed by atoms with E-state index in [1.165, 1.54) is 0 Å². The number of aromatic nitrogens is 1. The molecule has 98 valence electrons. The van der Waals surface area contributed by atoms with E-state index in [-0.39, 0.29) is 11.9 Å². The zero-order valence-electron chi connectivity index (χ0n) is 10.7. The molecule has 1 aliphatic rings. The van der Waals surface area contributed by atoms with Gasteiger partial charge in [-0.3, -0.25) is 15.3 Å². The number of hydrogen-bond donors (Lipinski definition) is 2. The first kappa shape index (κ1) is 13.0. The van der Waals surface area contributed by atoms with Gasteiger partial charge in [-0.15, -0.1) is 0 Å². The highest BCUT2D eigenvalue weighted by atomic mass is 16.5. The molecule has 2 rings (SSSR count). The average Bonchev–Trinajstić information content (AvgIpc) is 2.54. The quantitative estimate of drug-likeness (QED) is 0.617. The van der Waals surface area contributed by atoms with Crippen molar-refractivity contribution in [2.24, 2.45) is 5.73 Å². The molecule has 1 unspecified atom stereocenters. The first-order chi connectivity index (χ1) is 8.65. The number of nitrogens with zero attached hydrogens (tertiary/aromatic N) is 2. The third-order valence-corrected chi connectivity index (χ3v) is 3.04. The number of rotatable bonds is 3. The summed E-state index contributed by atoms with van der Waals surface area (Å²) in [5.74, 6) is 0.0180. The number of ether oxygens (including phenoxy) is 1. The van der Waals surface area contributed by atoms with Gasteiger partial charge < -0.3 is 10.5 Å². The highest BCUT2D eigenvalue weighted by molar-refractivity contribution is 5.93. The Balaban J connectivity index is 2.03. The second-order valence-electron chi connectivity index (χ2n) is 4.73. The number of nitrogen functional groups attached to an aromatic ring is 1. The van der Waals surface area contributed by atoms with Crippen molar-refractivity contribution in [1.29, 1.82) is 5.41 Å². The highest BCUT2D eigenvalue weighted by Crippen LogP contribution is 2.11. The minimum atomic E-state index is 0.0180. The maximum atomic E-state index is 7.40. The fourth-order valence-electron chi connectivity index (χ4n) is 2.20. The second kappa shape index (κ2) is 5.93. The van der Waals surface area contributed by atoms with E-state index in [9.17, 15) is 0 Å². The van der Waals surface area contributed by atoms with E-state index < -0.39 is 0 Å². The van der Waals surface area contributed by atoms with Gasteiger partial charge in [0.1, 0.15) is 11.5 Å². The zero-order valence-corrected chi connectivity index (χ0v) is 10.7. The maximum Gasteiger partial charge on any atom is 0.141 e. The lowest BCUT2D eigenvalue weighted by Crippen LogP contribution is -2.30. The van der Waals surface area contributed by atoms with Crippen molar-refractivity contribution in [3.05, 3.63) is 29.6 Å². The fraction of sp³-hybridized carbons (Fsp3) is 0.538. The van der Waals surface area contributed by atoms with E-state index in [0.717, 1.165) is 38.2 Å². The minimum Gasteiger partial charge on any atom is -0.382 e. The van der Waals surface area contributed by atoms with Gasteiger partial charge in [0.2, 0.25) is 0 Å². The Bertz CT molecular complexity index is 421. The molecule has 1 aliphatic heterocycles. The molecule has 3 N–H and O–H groups in total. The summed E-state index contributed by atoms with van der Waals surface area (Å²) in [6, 6.07) is 3.86. The fourth-order valence-corrected chi connectivity index (χ4v) is 2.20. The van der Waals surface area contributed by atoms with Gasteiger partial charge in [-0.2, -0.15) is 0 Å². The van der Waals surface area contributed by atoms with Gasteiger partial charge in [0, 0.05) is 32.4 Å². The van der Waals surface area contributed by atoms with Crippen molar-refractivity contribution in [1.82, 2.24) is 9.88 Å². The van der Waals surface area contributed by atoms with Gasteiger partial charge in [0.25, 0.3) is 0 Å². The maximum absolute atomic E-state index is 7.40. The molecule has 1 saturated heterocycles. The molecule has 0 radical (unpaired) electrons. The van der Waals surface area contributed by atoms with E-state index >= 15 is 0 Å². The average molecular weight is 248 g/mol. The van der Waals surface area contributed by atoms with Crippen LogP contribution in [-0.2, 0) is 11.3 Å². The van der Waals surface area contributed by atoms with Gasteiger partial charge in [-0.25, -0.2) is 0 Å². The molecule has 0 amide bonds. The van der Waals surface area contributed by atoms with Gasteiger partial charge in [0.05, 0.1) is 6.10 Å². The van der Waals surface area contributed by atoms with E-state index in [2.05, 4.69) is 16.8 Å². The standard InChI is InChI=1S/C13H20N4O/c1-10-8-17(5-2-6-18-10)9-11-3-4-16-12(7-11)13(14)15/h3-4,7,10H,2,5-6,8-9H2,1H3,(H3,14,15). The molecule has 1 atom stereocenters. The zero-order chi connectivity index (χ0) is 13.0. The summed E-state index contributed by atoms with van der Waals surface area (Å²) in [5.41, 5.74) is 7.14. The van der Waals surface area contributed by atoms with Crippen molar-refractivity contribution < 1.29 is 4.74 Å². The Morgan fingerprint density at radius 1 is 1.67 bits per heavy atom. The number of nitrogens with one attached hydrogen (secondary N) is 1. The lowest BCUT2D eigenvalue weighted by molar-refractivity contribution is 0.0668. The van der Waals surface area contributed by atoms with Crippen LogP contribution in [0, 0.1) is 5.41 Å².